The molecule has 4 aliphatic rings. The van der Waals surface area contributed by atoms with E-state index >= 15 is 0 Å². The van der Waals surface area contributed by atoms with Crippen LogP contribution in [-0.4, -0.2) is 205 Å². The summed E-state index contributed by atoms with van der Waals surface area (Å²) in [6.07, 6.45) is -25.2. The van der Waals surface area contributed by atoms with Crippen molar-refractivity contribution < 1.29 is 104 Å². The molecule has 4 fully saturated rings. The van der Waals surface area contributed by atoms with Crippen LogP contribution in [0.5, 0.6) is 0 Å². The van der Waals surface area contributed by atoms with Crippen LogP contribution in [0.1, 0.15) is 38.5 Å². The lowest BCUT2D eigenvalue weighted by Crippen LogP contribution is -2.65. The van der Waals surface area contributed by atoms with E-state index in [0.29, 0.717) is 5.06 Å². The summed E-state index contributed by atoms with van der Waals surface area (Å²) in [5.74, 6) is -2.46. The summed E-state index contributed by atoms with van der Waals surface area (Å²) in [5.41, 5.74) is 0. The number of nitrogens with one attached hydrogen (secondary N) is 1. The highest BCUT2D eigenvalue weighted by atomic mass is 16.8. The van der Waals surface area contributed by atoms with Crippen LogP contribution in [0.4, 0.5) is 0 Å². The second-order valence-corrected chi connectivity index (χ2v) is 12.8. The van der Waals surface area contributed by atoms with Crippen molar-refractivity contribution in [3.63, 3.8) is 0 Å². The Morgan fingerprint density at radius 2 is 1.19 bits per heavy atom. The predicted octanol–water partition coefficient (Wildman–Crippen LogP) is -7.26. The Hall–Kier alpha value is -2.56. The van der Waals surface area contributed by atoms with Crippen molar-refractivity contribution in [1.29, 1.82) is 0 Å². The lowest BCUT2D eigenvalue weighted by atomic mass is 9.96. The van der Waals surface area contributed by atoms with Gasteiger partial charge in [0.15, 0.2) is 18.9 Å². The number of nitrogens with zero attached hydrogens (tertiary/aromatic N) is 1. The van der Waals surface area contributed by atoms with E-state index in [1.807, 2.05) is 0 Å². The first-order valence-electron chi connectivity index (χ1n) is 17.0. The van der Waals surface area contributed by atoms with E-state index in [1.165, 1.54) is 0 Å². The predicted molar refractivity (Wildman–Crippen MR) is 164 cm³/mol. The maximum Gasteiger partial charge on any atom is 0.333 e. The van der Waals surface area contributed by atoms with Gasteiger partial charge in [-0.15, -0.1) is 5.06 Å². The summed E-state index contributed by atoms with van der Waals surface area (Å²) in [4.78, 5) is 52.1. The van der Waals surface area contributed by atoms with Crippen LogP contribution >= 0.6 is 0 Å². The van der Waals surface area contributed by atoms with Gasteiger partial charge in [-0.25, -0.2) is 4.79 Å². The second-order valence-electron chi connectivity index (χ2n) is 12.8. The third kappa shape index (κ3) is 10.8. The SMILES string of the molecule is O=C(CCCCC(=O)ON1C(=O)CCC1=O)NCCO[C@@H]1O[C@H](CO[C@H]2O[C@H](CO)[C@@H](O)[C@H](O)[C@@H]2O)[C@@H](O)[C@H](O[C@H]2O[C@H](CO)[C@@H](O)[C@H](O)[C@@H]2O)[C@@H]1O. The van der Waals surface area contributed by atoms with Gasteiger partial charge in [0.2, 0.25) is 5.91 Å². The van der Waals surface area contributed by atoms with Crippen molar-refractivity contribution in [2.24, 2.45) is 0 Å². The van der Waals surface area contributed by atoms with E-state index < -0.39 is 136 Å². The van der Waals surface area contributed by atoms with E-state index in [9.17, 15) is 70.2 Å². The van der Waals surface area contributed by atoms with Crippen LogP contribution in [-0.2, 0) is 52.4 Å². The van der Waals surface area contributed by atoms with Crippen LogP contribution in [0.25, 0.3) is 0 Å². The van der Waals surface area contributed by atoms with E-state index in [0.717, 1.165) is 0 Å². The second kappa shape index (κ2) is 19.9. The minimum absolute atomic E-state index is 0.0179. The molecule has 0 saturated carbocycles. The Kier molecular flexibility index (Phi) is 16.2. The minimum Gasteiger partial charge on any atom is -0.394 e. The highest BCUT2D eigenvalue weighted by molar-refractivity contribution is 6.01. The summed E-state index contributed by atoms with van der Waals surface area (Å²) in [6.45, 7) is -2.62. The van der Waals surface area contributed by atoms with Gasteiger partial charge in [0, 0.05) is 32.2 Å². The zero-order valence-electron chi connectivity index (χ0n) is 28.3. The Labute approximate surface area is 301 Å². The lowest BCUT2D eigenvalue weighted by Gasteiger charge is -2.46. The number of unbranched alkanes of at least 4 members (excludes halogenated alkanes) is 1. The largest absolute Gasteiger partial charge is 0.394 e. The van der Waals surface area contributed by atoms with Crippen LogP contribution < -0.4 is 5.32 Å². The van der Waals surface area contributed by atoms with Crippen LogP contribution in [0.2, 0.25) is 0 Å². The van der Waals surface area contributed by atoms with Gasteiger partial charge in [-0.1, -0.05) is 0 Å². The van der Waals surface area contributed by atoms with Crippen molar-refractivity contribution in [3.05, 3.63) is 0 Å². The molecule has 4 rings (SSSR count). The molecule has 11 N–H and O–H groups in total. The molecule has 53 heavy (non-hydrogen) atoms. The van der Waals surface area contributed by atoms with Gasteiger partial charge < -0.3 is 89.6 Å². The summed E-state index contributed by atoms with van der Waals surface area (Å²) >= 11 is 0. The first-order valence-corrected chi connectivity index (χ1v) is 17.0. The third-order valence-electron chi connectivity index (χ3n) is 8.99. The monoisotopic (exact) mass is 772 g/mol. The highest BCUT2D eigenvalue weighted by Gasteiger charge is 2.52. The molecule has 0 aromatic heterocycles. The molecule has 0 aliphatic carbocycles. The van der Waals surface area contributed by atoms with Gasteiger partial charge in [-0.2, -0.15) is 0 Å². The number of rotatable bonds is 17. The molecule has 0 aromatic rings. The zero-order valence-corrected chi connectivity index (χ0v) is 28.3. The van der Waals surface area contributed by atoms with Gasteiger partial charge in [0.25, 0.3) is 11.8 Å². The fourth-order valence-corrected chi connectivity index (χ4v) is 5.88. The fourth-order valence-electron chi connectivity index (χ4n) is 5.88. The Morgan fingerprint density at radius 1 is 0.660 bits per heavy atom. The van der Waals surface area contributed by atoms with E-state index in [-0.39, 0.29) is 51.7 Å². The Balaban J connectivity index is 1.30. The van der Waals surface area contributed by atoms with E-state index in [1.54, 1.807) is 0 Å². The molecule has 23 heteroatoms. The quantitative estimate of drug-likeness (QED) is 0.0483. The maximum atomic E-state index is 12.3. The number of carbonyl (C=O) groups is 4. The van der Waals surface area contributed by atoms with Gasteiger partial charge in [0.1, 0.15) is 73.2 Å². The van der Waals surface area contributed by atoms with Gasteiger partial charge in [-0.05, 0) is 12.8 Å². The molecule has 15 atom stereocenters. The standard InChI is InChI=1S/C30H48N2O21/c33-9-12-19(39)22(42)24(44)28(49-12)48-11-14-21(41)27(52-30-25(45)23(43)20(40)13(10-34)50-30)26(46)29(51-14)47-8-7-31-15(35)3-1-2-4-18(38)53-32-16(36)5-6-17(32)37/h12-14,19-30,33-34,39-46H,1-11H2,(H,31,35)/t12-,13-,14-,19-,20-,21-,22+,23+,24+,25+,26+,27+,28+,29-,30-/m1/s1. The van der Waals surface area contributed by atoms with E-state index in [4.69, 9.17) is 33.3 Å². The first kappa shape index (κ1) is 43.2. The van der Waals surface area contributed by atoms with Crippen LogP contribution in [0.15, 0.2) is 0 Å². The number of aliphatic hydroxyl groups is 10. The molecule has 0 bridgehead atoms. The van der Waals surface area contributed by atoms with Gasteiger partial charge >= 0.3 is 5.97 Å². The molecule has 0 aromatic carbocycles. The number of hydroxylamine groups is 2. The van der Waals surface area contributed by atoms with Crippen LogP contribution in [0, 0.1) is 0 Å². The van der Waals surface area contributed by atoms with Crippen molar-refractivity contribution in [2.75, 3.05) is 33.0 Å². The fraction of sp³-hybridized carbons (Fsp3) is 0.867. The molecule has 4 heterocycles. The van der Waals surface area contributed by atoms with Crippen molar-refractivity contribution in [3.8, 4) is 0 Å². The smallest absolute Gasteiger partial charge is 0.333 e. The minimum atomic E-state index is -1.92. The van der Waals surface area contributed by atoms with Crippen molar-refractivity contribution in [1.82, 2.24) is 10.4 Å². The summed E-state index contributed by atoms with van der Waals surface area (Å²) in [6, 6.07) is 0. The maximum absolute atomic E-state index is 12.3. The first-order chi connectivity index (χ1) is 25.2. The number of carbonyl (C=O) groups excluding carboxylic acids is 4. The number of amides is 3. The van der Waals surface area contributed by atoms with Crippen molar-refractivity contribution in [2.45, 2.75) is 131 Å². The van der Waals surface area contributed by atoms with Gasteiger partial charge in [0.05, 0.1) is 26.4 Å². The lowest BCUT2D eigenvalue weighted by molar-refractivity contribution is -0.366. The molecule has 4 aliphatic heterocycles. The Bertz CT molecular complexity index is 1210. The molecule has 3 amide bonds. The topological polar surface area (TPSA) is 350 Å². The number of ether oxygens (including phenoxy) is 6. The van der Waals surface area contributed by atoms with Crippen molar-refractivity contribution >= 4 is 23.7 Å². The molecule has 304 valence electrons. The average Bonchev–Trinajstić information content (AvgIpc) is 3.45. The van der Waals surface area contributed by atoms with Crippen LogP contribution in [0.3, 0.4) is 0 Å². The summed E-state index contributed by atoms with van der Waals surface area (Å²) < 4.78 is 33.0. The van der Waals surface area contributed by atoms with Gasteiger partial charge in [-0.3, -0.25) is 14.4 Å². The summed E-state index contributed by atoms with van der Waals surface area (Å²) in [7, 11) is 0. The zero-order chi connectivity index (χ0) is 39.0. The number of hydrogen-bond donors (Lipinski definition) is 11. The Morgan fingerprint density at radius 3 is 1.79 bits per heavy atom. The molecule has 0 spiro atoms. The highest BCUT2D eigenvalue weighted by Crippen LogP contribution is 2.31. The number of imide groups is 1. The molecular formula is C30H48N2O21. The summed E-state index contributed by atoms with van der Waals surface area (Å²) in [5, 5.41) is 105. The molecule has 23 nitrogen and oxygen atoms in total. The third-order valence-corrected chi connectivity index (χ3v) is 8.99. The average molecular weight is 773 g/mol. The molecule has 4 saturated heterocycles. The number of hydrogen-bond acceptors (Lipinski definition) is 21. The normalized spacial score (nSPS) is 39.3. The van der Waals surface area contributed by atoms with E-state index in [2.05, 4.69) is 5.32 Å². The molecule has 0 radical (unpaired) electrons. The molecular weight excluding hydrogens is 724 g/mol. The molecule has 0 unspecified atom stereocenters. The number of aliphatic hydroxyl groups excluding tert-OH is 10.